The summed E-state index contributed by atoms with van der Waals surface area (Å²) in [6.07, 6.45) is 1.72. The summed E-state index contributed by atoms with van der Waals surface area (Å²) in [5.41, 5.74) is 1.99. The second-order valence-corrected chi connectivity index (χ2v) is 11.8. The third-order valence-electron chi connectivity index (χ3n) is 6.49. The van der Waals surface area contributed by atoms with E-state index in [0.29, 0.717) is 28.6 Å². The van der Waals surface area contributed by atoms with E-state index in [2.05, 4.69) is 5.32 Å². The molecule has 3 rings (SSSR count). The van der Waals surface area contributed by atoms with Crippen molar-refractivity contribution in [3.05, 3.63) is 88.9 Å². The average molecular weight is 586 g/mol. The van der Waals surface area contributed by atoms with Crippen LogP contribution in [0, 0.1) is 6.92 Å². The van der Waals surface area contributed by atoms with Crippen molar-refractivity contribution in [2.75, 3.05) is 24.5 Å². The van der Waals surface area contributed by atoms with Gasteiger partial charge in [-0.25, -0.2) is 8.42 Å². The highest BCUT2D eigenvalue weighted by atomic mass is 35.5. The topological polar surface area (TPSA) is 96.0 Å². The Kier molecular flexibility index (Phi) is 11.0. The molecule has 0 heterocycles. The van der Waals surface area contributed by atoms with Crippen LogP contribution in [-0.4, -0.2) is 51.4 Å². The Morgan fingerprint density at radius 1 is 1.02 bits per heavy atom. The quantitative estimate of drug-likeness (QED) is 0.279. The van der Waals surface area contributed by atoms with Crippen molar-refractivity contribution in [1.82, 2.24) is 10.2 Å². The van der Waals surface area contributed by atoms with E-state index in [9.17, 15) is 18.0 Å². The van der Waals surface area contributed by atoms with Crippen molar-refractivity contribution < 1.29 is 22.7 Å². The highest BCUT2D eigenvalue weighted by Gasteiger charge is 2.32. The molecular weight excluding hydrogens is 550 g/mol. The largest absolute Gasteiger partial charge is 0.497 e. The Balaban J connectivity index is 2.00. The van der Waals surface area contributed by atoms with Gasteiger partial charge in [-0.15, -0.1) is 0 Å². The number of benzene rings is 3. The fourth-order valence-electron chi connectivity index (χ4n) is 4.07. The predicted octanol–water partition coefficient (Wildman–Crippen LogP) is 5.19. The maximum absolute atomic E-state index is 13.9. The second kappa shape index (κ2) is 14.2. The third-order valence-corrected chi connectivity index (χ3v) is 8.51. The first kappa shape index (κ1) is 31.0. The number of hydrogen-bond acceptors (Lipinski definition) is 5. The number of aryl methyl sites for hydroxylation is 1. The Labute approximate surface area is 241 Å². The van der Waals surface area contributed by atoms with Gasteiger partial charge in [0.25, 0.3) is 10.0 Å². The van der Waals surface area contributed by atoms with Crippen LogP contribution in [0.15, 0.2) is 77.7 Å². The zero-order valence-electron chi connectivity index (χ0n) is 23.3. The normalized spacial score (nSPS) is 11.9. The van der Waals surface area contributed by atoms with Crippen molar-refractivity contribution in [2.45, 2.75) is 51.1 Å². The summed E-state index contributed by atoms with van der Waals surface area (Å²) in [7, 11) is -2.66. The fraction of sp³-hybridized carbons (Fsp3) is 0.333. The number of hydrogen-bond donors (Lipinski definition) is 1. The lowest BCUT2D eigenvalue weighted by molar-refractivity contribution is -0.139. The van der Waals surface area contributed by atoms with Crippen molar-refractivity contribution >= 4 is 39.1 Å². The molecule has 1 N–H and O–H groups in total. The number of nitrogens with zero attached hydrogens (tertiary/aromatic N) is 2. The number of ether oxygens (including phenoxy) is 1. The van der Waals surface area contributed by atoms with Gasteiger partial charge in [-0.2, -0.15) is 0 Å². The molecule has 40 heavy (non-hydrogen) atoms. The van der Waals surface area contributed by atoms with Crippen LogP contribution < -0.4 is 14.4 Å². The molecular formula is C30H36ClN3O5S. The number of rotatable bonds is 13. The monoisotopic (exact) mass is 585 g/mol. The van der Waals surface area contributed by atoms with Crippen LogP contribution >= 0.6 is 11.6 Å². The maximum Gasteiger partial charge on any atom is 0.264 e. The summed E-state index contributed by atoms with van der Waals surface area (Å²) >= 11 is 6.18. The zero-order chi connectivity index (χ0) is 29.3. The van der Waals surface area contributed by atoms with Crippen LogP contribution in [0.1, 0.15) is 37.8 Å². The number of carbonyl (C=O) groups excluding carboxylic acids is 2. The zero-order valence-corrected chi connectivity index (χ0v) is 24.8. The number of sulfonamides is 1. The van der Waals surface area contributed by atoms with Crippen molar-refractivity contribution in [1.29, 1.82) is 0 Å². The maximum atomic E-state index is 13.9. The van der Waals surface area contributed by atoms with Crippen LogP contribution in [-0.2, 0) is 26.2 Å². The molecule has 0 saturated carbocycles. The van der Waals surface area contributed by atoms with E-state index in [4.69, 9.17) is 16.3 Å². The molecule has 0 aliphatic heterocycles. The van der Waals surface area contributed by atoms with Crippen LogP contribution in [0.4, 0.5) is 5.69 Å². The summed E-state index contributed by atoms with van der Waals surface area (Å²) in [4.78, 5) is 28.3. The lowest BCUT2D eigenvalue weighted by Crippen LogP contribution is -2.51. The third kappa shape index (κ3) is 7.99. The molecule has 214 valence electrons. The van der Waals surface area contributed by atoms with E-state index in [1.165, 1.54) is 24.1 Å². The molecule has 2 amide bonds. The molecule has 3 aromatic carbocycles. The highest BCUT2D eigenvalue weighted by Crippen LogP contribution is 2.26. The minimum absolute atomic E-state index is 0.00780. The van der Waals surface area contributed by atoms with Gasteiger partial charge in [0, 0.05) is 18.1 Å². The lowest BCUT2D eigenvalue weighted by Gasteiger charge is -2.32. The van der Waals surface area contributed by atoms with Gasteiger partial charge in [0.15, 0.2) is 0 Å². The Bertz CT molecular complexity index is 1400. The van der Waals surface area contributed by atoms with Crippen LogP contribution in [0.3, 0.4) is 0 Å². The summed E-state index contributed by atoms with van der Waals surface area (Å²) in [6, 6.07) is 19.0. The van der Waals surface area contributed by atoms with Gasteiger partial charge >= 0.3 is 0 Å². The second-order valence-electron chi connectivity index (χ2n) is 9.49. The van der Waals surface area contributed by atoms with Gasteiger partial charge in [0.2, 0.25) is 11.8 Å². The Hall–Kier alpha value is -3.56. The van der Waals surface area contributed by atoms with Crippen molar-refractivity contribution in [3.63, 3.8) is 0 Å². The molecule has 10 heteroatoms. The minimum atomic E-state index is -4.16. The molecule has 3 aromatic rings. The molecule has 0 aliphatic rings. The lowest BCUT2D eigenvalue weighted by atomic mass is 10.1. The van der Waals surface area contributed by atoms with Crippen LogP contribution in [0.2, 0.25) is 5.02 Å². The van der Waals surface area contributed by atoms with Crippen molar-refractivity contribution in [3.8, 4) is 5.75 Å². The van der Waals surface area contributed by atoms with Crippen molar-refractivity contribution in [2.24, 2.45) is 0 Å². The van der Waals surface area contributed by atoms with E-state index >= 15 is 0 Å². The first-order valence-electron chi connectivity index (χ1n) is 13.1. The van der Waals surface area contributed by atoms with Crippen LogP contribution in [0.5, 0.6) is 5.75 Å². The van der Waals surface area contributed by atoms with Gasteiger partial charge in [-0.3, -0.25) is 13.9 Å². The molecule has 0 radical (unpaired) electrons. The number of halogens is 1. The van der Waals surface area contributed by atoms with Gasteiger partial charge in [-0.1, -0.05) is 54.8 Å². The van der Waals surface area contributed by atoms with Gasteiger partial charge in [0.1, 0.15) is 18.3 Å². The number of carbonyl (C=O) groups is 2. The molecule has 0 bridgehead atoms. The number of unbranched alkanes of at least 4 members (excludes halogenated alkanes) is 1. The van der Waals surface area contributed by atoms with E-state index in [-0.39, 0.29) is 17.3 Å². The van der Waals surface area contributed by atoms with E-state index in [1.54, 1.807) is 67.6 Å². The predicted molar refractivity (Wildman–Crippen MR) is 158 cm³/mol. The molecule has 0 aliphatic carbocycles. The number of amides is 2. The minimum Gasteiger partial charge on any atom is -0.497 e. The molecule has 0 saturated heterocycles. The fourth-order valence-corrected chi connectivity index (χ4v) is 5.69. The first-order chi connectivity index (χ1) is 19.1. The smallest absolute Gasteiger partial charge is 0.264 e. The van der Waals surface area contributed by atoms with E-state index in [1.807, 2.05) is 13.8 Å². The number of anilines is 1. The Morgan fingerprint density at radius 3 is 2.30 bits per heavy atom. The van der Waals surface area contributed by atoms with Gasteiger partial charge in [-0.05, 0) is 74.4 Å². The Morgan fingerprint density at radius 2 is 1.70 bits per heavy atom. The number of nitrogens with one attached hydrogen (secondary N) is 1. The molecule has 0 fully saturated rings. The summed E-state index contributed by atoms with van der Waals surface area (Å²) in [5, 5.41) is 3.37. The van der Waals surface area contributed by atoms with E-state index < -0.39 is 28.5 Å². The summed E-state index contributed by atoms with van der Waals surface area (Å²) in [6.45, 7) is 5.60. The van der Waals surface area contributed by atoms with E-state index in [0.717, 1.165) is 22.7 Å². The van der Waals surface area contributed by atoms with Gasteiger partial charge in [0.05, 0.1) is 17.7 Å². The summed E-state index contributed by atoms with van der Waals surface area (Å²) < 4.78 is 34.0. The molecule has 0 aromatic heterocycles. The van der Waals surface area contributed by atoms with Gasteiger partial charge < -0.3 is 15.0 Å². The SMILES string of the molecule is CCCCNC(=O)[C@@H](C)N(Cc1cccc(Cl)c1)C(=O)CN(c1ccc(C)cc1)S(=O)(=O)c1ccc(OC)cc1. The highest BCUT2D eigenvalue weighted by molar-refractivity contribution is 7.92. The first-order valence-corrected chi connectivity index (χ1v) is 14.9. The van der Waals surface area contributed by atoms with Crippen LogP contribution in [0.25, 0.3) is 0 Å². The summed E-state index contributed by atoms with van der Waals surface area (Å²) in [5.74, 6) is -0.341. The molecule has 8 nitrogen and oxygen atoms in total. The molecule has 0 spiro atoms. The molecule has 0 unspecified atom stereocenters. The average Bonchev–Trinajstić information content (AvgIpc) is 2.94. The number of methoxy groups -OCH3 is 1. The standard InChI is InChI=1S/C30H36ClN3O5S/c1-5-6-18-32-30(36)23(3)33(20-24-8-7-9-25(31)19-24)29(35)21-34(26-12-10-22(2)11-13-26)40(37,38)28-16-14-27(39-4)15-17-28/h7-17,19,23H,5-6,18,20-21H2,1-4H3,(H,32,36)/t23-/m1/s1. The molecule has 1 atom stereocenters.